The molecule has 3 aromatic carbocycles. The molecule has 7 nitrogen and oxygen atoms in total. The molecule has 2 heterocycles. The highest BCUT2D eigenvalue weighted by molar-refractivity contribution is 8.26. The Bertz CT molecular complexity index is 1550. The third-order valence-electron chi connectivity index (χ3n) is 6.34. The Morgan fingerprint density at radius 3 is 2.46 bits per heavy atom. The fourth-order valence-corrected chi connectivity index (χ4v) is 5.61. The van der Waals surface area contributed by atoms with Crippen molar-refractivity contribution in [3.63, 3.8) is 0 Å². The lowest BCUT2D eigenvalue weighted by molar-refractivity contribution is -0.122. The zero-order valence-corrected chi connectivity index (χ0v) is 23.4. The predicted molar refractivity (Wildman–Crippen MR) is 159 cm³/mol. The largest absolute Gasteiger partial charge is 0.497 e. The Kier molecular flexibility index (Phi) is 7.99. The quantitative estimate of drug-likeness (QED) is 0.184. The summed E-state index contributed by atoms with van der Waals surface area (Å²) in [7, 11) is 4.84. The highest BCUT2D eigenvalue weighted by Gasteiger charge is 2.32. The summed E-state index contributed by atoms with van der Waals surface area (Å²) in [6, 6.07) is 23.3. The van der Waals surface area contributed by atoms with Gasteiger partial charge >= 0.3 is 0 Å². The average molecular weight is 558 g/mol. The molecule has 0 N–H and O–H groups in total. The number of rotatable bonds is 9. The Morgan fingerprint density at radius 1 is 0.923 bits per heavy atom. The number of thioether (sulfide) groups is 1. The van der Waals surface area contributed by atoms with Crippen molar-refractivity contribution in [2.24, 2.45) is 0 Å². The molecular weight excluding hydrogens is 530 g/mol. The van der Waals surface area contributed by atoms with Gasteiger partial charge in [0.15, 0.2) is 11.5 Å². The van der Waals surface area contributed by atoms with Crippen molar-refractivity contribution in [1.82, 2.24) is 14.7 Å². The van der Waals surface area contributed by atoms with Crippen LogP contribution in [0.25, 0.3) is 23.0 Å². The van der Waals surface area contributed by atoms with E-state index in [1.165, 1.54) is 11.8 Å². The standard InChI is InChI=1S/C30H27N3O4S2/c1-35-24-11-7-8-21(17-24)28-22(19-33(31-28)23-9-5-4-6-10-23)18-27-29(34)32(30(38)39-27)15-14-20-12-13-25(36-2)26(16-20)37-3/h4-13,16-19H,14-15H2,1-3H3/b27-18-. The van der Waals surface area contributed by atoms with Gasteiger partial charge in [0.05, 0.1) is 31.9 Å². The van der Waals surface area contributed by atoms with E-state index in [0.29, 0.717) is 33.7 Å². The molecule has 1 aliphatic heterocycles. The molecule has 5 rings (SSSR count). The van der Waals surface area contributed by atoms with E-state index in [1.807, 2.05) is 89.8 Å². The molecular formula is C30H27N3O4S2. The lowest BCUT2D eigenvalue weighted by atomic mass is 10.1. The highest BCUT2D eigenvalue weighted by Crippen LogP contribution is 2.36. The number of carbonyl (C=O) groups excluding carboxylic acids is 1. The van der Waals surface area contributed by atoms with E-state index in [9.17, 15) is 4.79 Å². The molecule has 1 saturated heterocycles. The normalized spacial score (nSPS) is 14.2. The van der Waals surface area contributed by atoms with Gasteiger partial charge in [-0.3, -0.25) is 9.69 Å². The monoisotopic (exact) mass is 557 g/mol. The summed E-state index contributed by atoms with van der Waals surface area (Å²) in [4.78, 5) is 15.7. The fraction of sp³-hybridized carbons (Fsp3) is 0.167. The van der Waals surface area contributed by atoms with Crippen LogP contribution in [0.4, 0.5) is 0 Å². The summed E-state index contributed by atoms with van der Waals surface area (Å²) in [6.07, 6.45) is 4.43. The van der Waals surface area contributed by atoms with Crippen molar-refractivity contribution in [3.8, 4) is 34.2 Å². The van der Waals surface area contributed by atoms with Crippen molar-refractivity contribution in [2.75, 3.05) is 27.9 Å². The van der Waals surface area contributed by atoms with Gasteiger partial charge in [-0.15, -0.1) is 0 Å². The van der Waals surface area contributed by atoms with E-state index in [2.05, 4.69) is 0 Å². The molecule has 0 bridgehead atoms. The van der Waals surface area contributed by atoms with E-state index >= 15 is 0 Å². The van der Waals surface area contributed by atoms with Crippen LogP contribution in [0.5, 0.6) is 17.2 Å². The first-order valence-corrected chi connectivity index (χ1v) is 13.5. The molecule has 4 aromatic rings. The van der Waals surface area contributed by atoms with Crippen molar-refractivity contribution in [3.05, 3.63) is 95.0 Å². The first kappa shape index (κ1) is 26.5. The first-order valence-electron chi connectivity index (χ1n) is 12.3. The molecule has 198 valence electrons. The number of benzene rings is 3. The maximum absolute atomic E-state index is 13.4. The van der Waals surface area contributed by atoms with Gasteiger partial charge in [0.2, 0.25) is 0 Å². The minimum absolute atomic E-state index is 0.116. The smallest absolute Gasteiger partial charge is 0.266 e. The number of nitrogens with zero attached hydrogens (tertiary/aromatic N) is 3. The Morgan fingerprint density at radius 2 is 1.72 bits per heavy atom. The summed E-state index contributed by atoms with van der Waals surface area (Å²) in [5.41, 5.74) is 4.39. The lowest BCUT2D eigenvalue weighted by Gasteiger charge is -2.15. The van der Waals surface area contributed by atoms with Crippen LogP contribution < -0.4 is 14.2 Å². The molecule has 1 aromatic heterocycles. The van der Waals surface area contributed by atoms with Crippen molar-refractivity contribution >= 4 is 40.3 Å². The van der Waals surface area contributed by atoms with Gasteiger partial charge in [-0.05, 0) is 54.5 Å². The molecule has 0 aliphatic carbocycles. The Labute approximate surface area is 237 Å². The predicted octanol–water partition coefficient (Wildman–Crippen LogP) is 6.01. The molecule has 9 heteroatoms. The zero-order valence-electron chi connectivity index (χ0n) is 21.8. The number of hydrogen-bond donors (Lipinski definition) is 0. The molecule has 0 saturated carbocycles. The zero-order chi connectivity index (χ0) is 27.4. The van der Waals surface area contributed by atoms with E-state index in [4.69, 9.17) is 31.5 Å². The molecule has 0 radical (unpaired) electrons. The van der Waals surface area contributed by atoms with Crippen LogP contribution in [-0.2, 0) is 11.2 Å². The Balaban J connectivity index is 1.43. The number of amides is 1. The molecule has 0 atom stereocenters. The summed E-state index contributed by atoms with van der Waals surface area (Å²) < 4.78 is 18.5. The van der Waals surface area contributed by atoms with Crippen molar-refractivity contribution in [1.29, 1.82) is 0 Å². The molecule has 1 fully saturated rings. The number of carbonyl (C=O) groups is 1. The summed E-state index contributed by atoms with van der Waals surface area (Å²) in [5.74, 6) is 1.93. The number of aromatic nitrogens is 2. The lowest BCUT2D eigenvalue weighted by Crippen LogP contribution is -2.30. The van der Waals surface area contributed by atoms with Crippen LogP contribution in [0.1, 0.15) is 11.1 Å². The second-order valence-electron chi connectivity index (χ2n) is 8.72. The Hall–Kier alpha value is -4.08. The van der Waals surface area contributed by atoms with E-state index in [-0.39, 0.29) is 5.91 Å². The number of thiocarbonyl (C=S) groups is 1. The highest BCUT2D eigenvalue weighted by atomic mass is 32.2. The van der Waals surface area contributed by atoms with Gasteiger partial charge < -0.3 is 14.2 Å². The minimum Gasteiger partial charge on any atom is -0.497 e. The van der Waals surface area contributed by atoms with Gasteiger partial charge in [-0.25, -0.2) is 4.68 Å². The van der Waals surface area contributed by atoms with Crippen LogP contribution >= 0.6 is 24.0 Å². The number of ether oxygens (including phenoxy) is 3. The maximum Gasteiger partial charge on any atom is 0.266 e. The van der Waals surface area contributed by atoms with Crippen LogP contribution in [0, 0.1) is 0 Å². The molecule has 1 amide bonds. The molecule has 0 spiro atoms. The number of methoxy groups -OCH3 is 3. The molecule has 1 aliphatic rings. The van der Waals surface area contributed by atoms with E-state index < -0.39 is 0 Å². The molecule has 0 unspecified atom stereocenters. The third-order valence-corrected chi connectivity index (χ3v) is 7.72. The van der Waals surface area contributed by atoms with Gasteiger partial charge in [0.25, 0.3) is 5.91 Å². The van der Waals surface area contributed by atoms with Crippen LogP contribution in [-0.4, -0.2) is 52.8 Å². The van der Waals surface area contributed by atoms with Crippen LogP contribution in [0.3, 0.4) is 0 Å². The summed E-state index contributed by atoms with van der Waals surface area (Å²) in [6.45, 7) is 0.462. The molecule has 39 heavy (non-hydrogen) atoms. The fourth-order valence-electron chi connectivity index (χ4n) is 4.31. The SMILES string of the molecule is COc1cccc(-c2nn(-c3ccccc3)cc2/C=C2\SC(=S)N(CCc3ccc(OC)c(OC)c3)C2=O)c1. The van der Waals surface area contributed by atoms with Gasteiger partial charge in [0.1, 0.15) is 15.8 Å². The minimum atomic E-state index is -0.116. The topological polar surface area (TPSA) is 65.8 Å². The van der Waals surface area contributed by atoms with Crippen LogP contribution in [0.2, 0.25) is 0 Å². The van der Waals surface area contributed by atoms with E-state index in [1.54, 1.807) is 26.2 Å². The van der Waals surface area contributed by atoms with Crippen molar-refractivity contribution in [2.45, 2.75) is 6.42 Å². The number of hydrogen-bond acceptors (Lipinski definition) is 7. The summed E-state index contributed by atoms with van der Waals surface area (Å²) >= 11 is 6.91. The third kappa shape index (κ3) is 5.69. The van der Waals surface area contributed by atoms with Crippen molar-refractivity contribution < 1.29 is 19.0 Å². The van der Waals surface area contributed by atoms with Gasteiger partial charge in [-0.2, -0.15) is 5.10 Å². The second kappa shape index (κ2) is 11.8. The second-order valence-corrected chi connectivity index (χ2v) is 10.4. The van der Waals surface area contributed by atoms with E-state index in [0.717, 1.165) is 33.8 Å². The summed E-state index contributed by atoms with van der Waals surface area (Å²) in [5, 5.41) is 4.87. The maximum atomic E-state index is 13.4. The number of para-hydroxylation sites is 1. The van der Waals surface area contributed by atoms with Gasteiger partial charge in [0, 0.05) is 23.9 Å². The van der Waals surface area contributed by atoms with Gasteiger partial charge in [-0.1, -0.05) is 60.4 Å². The van der Waals surface area contributed by atoms with Crippen LogP contribution in [0.15, 0.2) is 83.9 Å². The first-order chi connectivity index (χ1) is 19.0. The average Bonchev–Trinajstić information content (AvgIpc) is 3.52.